The van der Waals surface area contributed by atoms with Crippen LogP contribution in [-0.2, 0) is 4.79 Å². The zero-order chi connectivity index (χ0) is 22.1. The number of piperazine rings is 1. The maximum atomic E-state index is 13.4. The van der Waals surface area contributed by atoms with Gasteiger partial charge in [-0.3, -0.25) is 4.79 Å². The number of likely N-dealkylation sites (N-methyl/N-ethyl adjacent to an activating group) is 1. The van der Waals surface area contributed by atoms with Crippen LogP contribution in [-0.4, -0.2) is 66.6 Å². The van der Waals surface area contributed by atoms with Gasteiger partial charge in [-0.2, -0.15) is 0 Å². The lowest BCUT2D eigenvalue weighted by atomic mass is 9.87. The molecule has 0 unspecified atom stereocenters. The molecule has 1 amide bonds. The topological polar surface area (TPSA) is 57.8 Å². The van der Waals surface area contributed by atoms with Crippen molar-refractivity contribution in [3.8, 4) is 11.5 Å². The first-order valence-corrected chi connectivity index (χ1v) is 11.7. The van der Waals surface area contributed by atoms with Crippen LogP contribution in [0.5, 0.6) is 11.5 Å². The van der Waals surface area contributed by atoms with Crippen molar-refractivity contribution >= 4 is 28.4 Å². The molecule has 6 nitrogen and oxygen atoms in total. The Balaban J connectivity index is 1.49. The van der Waals surface area contributed by atoms with Gasteiger partial charge < -0.3 is 24.3 Å². The zero-order valence-electron chi connectivity index (χ0n) is 18.3. The Morgan fingerprint density at radius 2 is 1.84 bits per heavy atom. The Kier molecular flexibility index (Phi) is 5.98. The van der Waals surface area contributed by atoms with Crippen LogP contribution in [0.1, 0.15) is 30.4 Å². The van der Waals surface area contributed by atoms with Crippen molar-refractivity contribution in [2.45, 2.75) is 19.3 Å². The molecule has 1 atom stereocenters. The molecular formula is C25H28ClN3O3. The van der Waals surface area contributed by atoms with E-state index in [4.69, 9.17) is 21.1 Å². The number of hydrogen-bond acceptors (Lipinski definition) is 4. The van der Waals surface area contributed by atoms with E-state index < -0.39 is 0 Å². The number of benzene rings is 2. The second-order valence-electron chi connectivity index (χ2n) is 8.41. The molecule has 0 saturated carbocycles. The number of fused-ring (bicyclic) bond motifs is 2. The maximum absolute atomic E-state index is 13.4. The lowest BCUT2D eigenvalue weighted by Crippen LogP contribution is -2.48. The van der Waals surface area contributed by atoms with E-state index in [1.54, 1.807) is 0 Å². The fourth-order valence-electron chi connectivity index (χ4n) is 4.70. The first-order valence-electron chi connectivity index (χ1n) is 11.3. The first kappa shape index (κ1) is 21.2. The van der Waals surface area contributed by atoms with E-state index in [1.165, 1.54) is 0 Å². The standard InChI is InChI=1S/C25H28ClN3O3/c1-2-28-7-9-29(10-8-28)25(30)15-19(17-3-6-23-24(13-17)32-12-11-31-23)21-16-27-22-5-4-18(26)14-20(21)22/h3-6,13-14,16,19,27H,2,7-12,15H2,1H3/t19-/m0/s1. The zero-order valence-corrected chi connectivity index (χ0v) is 19.0. The molecule has 2 aliphatic heterocycles. The van der Waals surface area contributed by atoms with E-state index in [9.17, 15) is 4.79 Å². The molecule has 1 aromatic heterocycles. The molecule has 168 valence electrons. The van der Waals surface area contributed by atoms with Crippen LogP contribution in [0.3, 0.4) is 0 Å². The number of aromatic amines is 1. The largest absolute Gasteiger partial charge is 0.486 e. The SMILES string of the molecule is CCN1CCN(C(=O)C[C@@H](c2ccc3c(c2)OCCO3)c2c[nH]c3ccc(Cl)cc23)CC1. The lowest BCUT2D eigenvalue weighted by molar-refractivity contribution is -0.133. The second kappa shape index (κ2) is 9.04. The van der Waals surface area contributed by atoms with Crippen LogP contribution in [0, 0.1) is 0 Å². The third kappa shape index (κ3) is 4.17. The number of aromatic nitrogens is 1. The van der Waals surface area contributed by atoms with Crippen LogP contribution < -0.4 is 9.47 Å². The van der Waals surface area contributed by atoms with Gasteiger partial charge in [-0.15, -0.1) is 0 Å². The molecular weight excluding hydrogens is 426 g/mol. The molecule has 7 heteroatoms. The van der Waals surface area contributed by atoms with E-state index in [-0.39, 0.29) is 11.8 Å². The summed E-state index contributed by atoms with van der Waals surface area (Å²) in [5, 5.41) is 1.72. The number of rotatable bonds is 5. The van der Waals surface area contributed by atoms with Crippen molar-refractivity contribution in [3.63, 3.8) is 0 Å². The number of amides is 1. The minimum absolute atomic E-state index is 0.116. The monoisotopic (exact) mass is 453 g/mol. The molecule has 0 bridgehead atoms. The van der Waals surface area contributed by atoms with Crippen LogP contribution in [0.25, 0.3) is 10.9 Å². The van der Waals surface area contributed by atoms with Crippen LogP contribution >= 0.6 is 11.6 Å². The molecule has 0 aliphatic carbocycles. The molecule has 2 aromatic carbocycles. The number of nitrogens with zero attached hydrogens (tertiary/aromatic N) is 2. The summed E-state index contributed by atoms with van der Waals surface area (Å²) < 4.78 is 11.5. The van der Waals surface area contributed by atoms with Crippen LogP contribution in [0.15, 0.2) is 42.6 Å². The normalized spacial score (nSPS) is 17.5. The van der Waals surface area contributed by atoms with Gasteiger partial charge in [-0.05, 0) is 48.0 Å². The van der Waals surface area contributed by atoms with E-state index in [1.807, 2.05) is 47.5 Å². The molecule has 3 heterocycles. The second-order valence-corrected chi connectivity index (χ2v) is 8.85. The molecule has 32 heavy (non-hydrogen) atoms. The number of nitrogens with one attached hydrogen (secondary N) is 1. The van der Waals surface area contributed by atoms with Crippen LogP contribution in [0.4, 0.5) is 0 Å². The Hall–Kier alpha value is -2.70. The summed E-state index contributed by atoms with van der Waals surface area (Å²) in [6, 6.07) is 11.8. The minimum atomic E-state index is -0.116. The van der Waals surface area contributed by atoms with Crippen molar-refractivity contribution < 1.29 is 14.3 Å². The van der Waals surface area contributed by atoms with Gasteiger partial charge in [0, 0.05) is 60.6 Å². The number of hydrogen-bond donors (Lipinski definition) is 1. The average molecular weight is 454 g/mol. The highest BCUT2D eigenvalue weighted by Crippen LogP contribution is 2.39. The number of carbonyl (C=O) groups is 1. The Labute approximate surface area is 193 Å². The van der Waals surface area contributed by atoms with Gasteiger partial charge in [0.2, 0.25) is 5.91 Å². The van der Waals surface area contributed by atoms with E-state index in [2.05, 4.69) is 16.8 Å². The molecule has 0 radical (unpaired) electrons. The van der Waals surface area contributed by atoms with Crippen molar-refractivity contribution in [3.05, 3.63) is 58.7 Å². The van der Waals surface area contributed by atoms with Gasteiger partial charge in [0.05, 0.1) is 0 Å². The summed E-state index contributed by atoms with van der Waals surface area (Å²) in [6.45, 7) is 7.69. The predicted molar refractivity (Wildman–Crippen MR) is 126 cm³/mol. The number of H-pyrrole nitrogens is 1. The smallest absolute Gasteiger partial charge is 0.223 e. The highest BCUT2D eigenvalue weighted by molar-refractivity contribution is 6.31. The van der Waals surface area contributed by atoms with E-state index in [0.717, 1.165) is 66.3 Å². The third-order valence-electron chi connectivity index (χ3n) is 6.57. The fraction of sp³-hybridized carbons (Fsp3) is 0.400. The summed E-state index contributed by atoms with van der Waals surface area (Å²) in [6.07, 6.45) is 2.40. The maximum Gasteiger partial charge on any atom is 0.223 e. The number of ether oxygens (including phenoxy) is 2. The summed E-state index contributed by atoms with van der Waals surface area (Å²) >= 11 is 6.32. The Morgan fingerprint density at radius 1 is 1.06 bits per heavy atom. The Morgan fingerprint density at radius 3 is 2.62 bits per heavy atom. The average Bonchev–Trinajstić information content (AvgIpc) is 3.25. The van der Waals surface area contributed by atoms with Gasteiger partial charge in [0.1, 0.15) is 13.2 Å². The first-order chi connectivity index (χ1) is 15.6. The van der Waals surface area contributed by atoms with Gasteiger partial charge in [-0.1, -0.05) is 24.6 Å². The highest BCUT2D eigenvalue weighted by atomic mass is 35.5. The van der Waals surface area contributed by atoms with Gasteiger partial charge in [-0.25, -0.2) is 0 Å². The van der Waals surface area contributed by atoms with Crippen LogP contribution in [0.2, 0.25) is 5.02 Å². The van der Waals surface area contributed by atoms with E-state index in [0.29, 0.717) is 24.7 Å². The third-order valence-corrected chi connectivity index (χ3v) is 6.81. The lowest BCUT2D eigenvalue weighted by Gasteiger charge is -2.35. The molecule has 1 N–H and O–H groups in total. The fourth-order valence-corrected chi connectivity index (χ4v) is 4.88. The van der Waals surface area contributed by atoms with Gasteiger partial charge in [0.15, 0.2) is 11.5 Å². The minimum Gasteiger partial charge on any atom is -0.486 e. The van der Waals surface area contributed by atoms with E-state index >= 15 is 0 Å². The van der Waals surface area contributed by atoms with Crippen molar-refractivity contribution in [1.82, 2.24) is 14.8 Å². The summed E-state index contributed by atoms with van der Waals surface area (Å²) in [7, 11) is 0. The highest BCUT2D eigenvalue weighted by Gasteiger charge is 2.27. The van der Waals surface area contributed by atoms with Crippen molar-refractivity contribution in [1.29, 1.82) is 0 Å². The number of halogens is 1. The molecule has 0 spiro atoms. The molecule has 3 aromatic rings. The quantitative estimate of drug-likeness (QED) is 0.626. The molecule has 1 saturated heterocycles. The molecule has 5 rings (SSSR count). The van der Waals surface area contributed by atoms with Gasteiger partial charge >= 0.3 is 0 Å². The van der Waals surface area contributed by atoms with Crippen molar-refractivity contribution in [2.24, 2.45) is 0 Å². The van der Waals surface area contributed by atoms with Gasteiger partial charge in [0.25, 0.3) is 0 Å². The summed E-state index contributed by atoms with van der Waals surface area (Å²) in [5.41, 5.74) is 3.12. The number of carbonyl (C=O) groups excluding carboxylic acids is 1. The predicted octanol–water partition coefficient (Wildman–Crippen LogP) is 4.28. The Bertz CT molecular complexity index is 1120. The summed E-state index contributed by atoms with van der Waals surface area (Å²) in [5.74, 6) is 1.55. The molecule has 1 fully saturated rings. The molecule has 2 aliphatic rings. The summed E-state index contributed by atoms with van der Waals surface area (Å²) in [4.78, 5) is 21.1. The van der Waals surface area contributed by atoms with Crippen molar-refractivity contribution in [2.75, 3.05) is 45.9 Å².